The van der Waals surface area contributed by atoms with Gasteiger partial charge in [-0.2, -0.15) is 0 Å². The Bertz CT molecular complexity index is 237. The Morgan fingerprint density at radius 2 is 1.87 bits per heavy atom. The minimum Gasteiger partial charge on any atom is -0.480 e. The topological polar surface area (TPSA) is 60.9 Å². The first kappa shape index (κ1) is 12.0. The van der Waals surface area contributed by atoms with Gasteiger partial charge in [0.25, 0.3) is 0 Å². The van der Waals surface area contributed by atoms with Gasteiger partial charge in [-0.05, 0) is 19.4 Å². The molecule has 1 fully saturated rings. The van der Waals surface area contributed by atoms with Crippen molar-refractivity contribution in [1.82, 2.24) is 9.80 Å². The normalized spacial score (nSPS) is 16.0. The fourth-order valence-electron chi connectivity index (χ4n) is 1.73. The minimum absolute atomic E-state index is 0.0515. The lowest BCUT2D eigenvalue weighted by molar-refractivity contribution is -0.139. The highest BCUT2D eigenvalue weighted by Crippen LogP contribution is 2.07. The number of hydrogen-bond donors (Lipinski definition) is 1. The van der Waals surface area contributed by atoms with Crippen LogP contribution in [0.15, 0.2) is 0 Å². The smallest absolute Gasteiger partial charge is 0.317 e. The number of rotatable bonds is 5. The SMILES string of the molecule is CCN(CC(=O)O)CC(=O)N1CCCC1. The molecule has 5 heteroatoms. The summed E-state index contributed by atoms with van der Waals surface area (Å²) in [5.41, 5.74) is 0. The summed E-state index contributed by atoms with van der Waals surface area (Å²) in [6.45, 7) is 4.26. The maximum absolute atomic E-state index is 11.7. The van der Waals surface area contributed by atoms with Gasteiger partial charge in [-0.15, -0.1) is 0 Å². The maximum Gasteiger partial charge on any atom is 0.317 e. The summed E-state index contributed by atoms with van der Waals surface area (Å²) in [5.74, 6) is -0.832. The van der Waals surface area contributed by atoms with E-state index >= 15 is 0 Å². The van der Waals surface area contributed by atoms with Crippen molar-refractivity contribution >= 4 is 11.9 Å². The van der Waals surface area contributed by atoms with E-state index in [4.69, 9.17) is 5.11 Å². The van der Waals surface area contributed by atoms with Crippen LogP contribution >= 0.6 is 0 Å². The number of carbonyl (C=O) groups is 2. The van der Waals surface area contributed by atoms with Gasteiger partial charge < -0.3 is 10.0 Å². The van der Waals surface area contributed by atoms with Gasteiger partial charge in [0, 0.05) is 13.1 Å². The van der Waals surface area contributed by atoms with Gasteiger partial charge in [-0.3, -0.25) is 14.5 Å². The van der Waals surface area contributed by atoms with Crippen molar-refractivity contribution in [2.24, 2.45) is 0 Å². The van der Waals surface area contributed by atoms with Gasteiger partial charge in [-0.25, -0.2) is 0 Å². The molecule has 1 aliphatic heterocycles. The second kappa shape index (κ2) is 5.70. The van der Waals surface area contributed by atoms with E-state index in [1.807, 2.05) is 11.8 Å². The van der Waals surface area contributed by atoms with Crippen LogP contribution in [0.5, 0.6) is 0 Å². The van der Waals surface area contributed by atoms with Gasteiger partial charge in [0.2, 0.25) is 5.91 Å². The van der Waals surface area contributed by atoms with Crippen molar-refractivity contribution in [2.75, 3.05) is 32.7 Å². The van der Waals surface area contributed by atoms with E-state index in [1.165, 1.54) is 0 Å². The molecule has 0 bridgehead atoms. The monoisotopic (exact) mass is 214 g/mol. The number of carboxylic acids is 1. The second-order valence-corrected chi connectivity index (χ2v) is 3.78. The molecule has 0 spiro atoms. The summed E-state index contributed by atoms with van der Waals surface area (Å²) in [5, 5.41) is 8.63. The molecule has 1 rings (SSSR count). The van der Waals surface area contributed by atoms with E-state index in [2.05, 4.69) is 0 Å². The summed E-state index contributed by atoms with van der Waals surface area (Å²) >= 11 is 0. The van der Waals surface area contributed by atoms with Crippen molar-refractivity contribution in [1.29, 1.82) is 0 Å². The van der Waals surface area contributed by atoms with E-state index in [-0.39, 0.29) is 19.0 Å². The summed E-state index contributed by atoms with van der Waals surface area (Å²) < 4.78 is 0. The summed E-state index contributed by atoms with van der Waals surface area (Å²) in [4.78, 5) is 25.6. The van der Waals surface area contributed by atoms with E-state index in [0.717, 1.165) is 25.9 Å². The first-order valence-corrected chi connectivity index (χ1v) is 5.35. The first-order valence-electron chi connectivity index (χ1n) is 5.35. The van der Waals surface area contributed by atoms with Crippen LogP contribution in [-0.4, -0.2) is 59.5 Å². The average molecular weight is 214 g/mol. The maximum atomic E-state index is 11.7. The Balaban J connectivity index is 2.36. The molecule has 1 N–H and O–H groups in total. The van der Waals surface area contributed by atoms with E-state index < -0.39 is 5.97 Å². The van der Waals surface area contributed by atoms with Crippen molar-refractivity contribution in [3.05, 3.63) is 0 Å². The predicted octanol–water partition coefficient (Wildman–Crippen LogP) is 0.0153. The van der Waals surface area contributed by atoms with Crippen molar-refractivity contribution in [3.63, 3.8) is 0 Å². The van der Waals surface area contributed by atoms with Crippen LogP contribution in [0.1, 0.15) is 19.8 Å². The number of carbonyl (C=O) groups excluding carboxylic acids is 1. The summed E-state index contributed by atoms with van der Waals surface area (Å²) in [6, 6.07) is 0. The molecule has 0 atom stereocenters. The molecule has 5 nitrogen and oxygen atoms in total. The Kier molecular flexibility index (Phi) is 4.55. The number of amides is 1. The van der Waals surface area contributed by atoms with Crippen LogP contribution < -0.4 is 0 Å². The first-order chi connectivity index (χ1) is 7.13. The fraction of sp³-hybridized carbons (Fsp3) is 0.800. The third-order valence-corrected chi connectivity index (χ3v) is 2.62. The molecule has 0 aromatic heterocycles. The Morgan fingerprint density at radius 3 is 2.33 bits per heavy atom. The molecule has 0 aliphatic carbocycles. The van der Waals surface area contributed by atoms with Crippen LogP contribution in [-0.2, 0) is 9.59 Å². The zero-order chi connectivity index (χ0) is 11.3. The number of carboxylic acid groups (broad SMARTS) is 1. The average Bonchev–Trinajstić information content (AvgIpc) is 2.68. The lowest BCUT2D eigenvalue weighted by Gasteiger charge is -2.21. The highest BCUT2D eigenvalue weighted by molar-refractivity contribution is 5.79. The van der Waals surface area contributed by atoms with E-state index in [9.17, 15) is 9.59 Å². The lowest BCUT2D eigenvalue weighted by Crippen LogP contribution is -2.40. The third-order valence-electron chi connectivity index (χ3n) is 2.62. The number of likely N-dealkylation sites (tertiary alicyclic amines) is 1. The van der Waals surface area contributed by atoms with Crippen molar-refractivity contribution < 1.29 is 14.7 Å². The summed E-state index contributed by atoms with van der Waals surface area (Å²) in [7, 11) is 0. The zero-order valence-electron chi connectivity index (χ0n) is 9.11. The molecule has 0 radical (unpaired) electrons. The van der Waals surface area contributed by atoms with Crippen LogP contribution in [0.4, 0.5) is 0 Å². The highest BCUT2D eigenvalue weighted by atomic mass is 16.4. The second-order valence-electron chi connectivity index (χ2n) is 3.78. The molecular formula is C10H18N2O3. The van der Waals surface area contributed by atoms with Gasteiger partial charge in [-0.1, -0.05) is 6.92 Å². The van der Waals surface area contributed by atoms with E-state index in [1.54, 1.807) is 4.90 Å². The van der Waals surface area contributed by atoms with Gasteiger partial charge in [0.05, 0.1) is 13.1 Å². The largest absolute Gasteiger partial charge is 0.480 e. The minimum atomic E-state index is -0.883. The lowest BCUT2D eigenvalue weighted by atomic mass is 10.4. The molecule has 1 aliphatic rings. The van der Waals surface area contributed by atoms with Crippen LogP contribution in [0.2, 0.25) is 0 Å². The molecule has 0 aromatic carbocycles. The molecule has 1 amide bonds. The van der Waals surface area contributed by atoms with Crippen molar-refractivity contribution in [2.45, 2.75) is 19.8 Å². The quantitative estimate of drug-likeness (QED) is 0.700. The standard InChI is InChI=1S/C10H18N2O3/c1-2-11(8-10(14)15)7-9(13)12-5-3-4-6-12/h2-8H2,1H3,(H,14,15). The highest BCUT2D eigenvalue weighted by Gasteiger charge is 2.20. The number of nitrogens with zero attached hydrogens (tertiary/aromatic N) is 2. The molecule has 15 heavy (non-hydrogen) atoms. The summed E-state index contributed by atoms with van der Waals surface area (Å²) in [6.07, 6.45) is 2.13. The molecular weight excluding hydrogens is 196 g/mol. The van der Waals surface area contributed by atoms with Gasteiger partial charge in [0.1, 0.15) is 0 Å². The molecule has 86 valence electrons. The Hall–Kier alpha value is -1.10. The zero-order valence-corrected chi connectivity index (χ0v) is 9.11. The molecule has 1 saturated heterocycles. The van der Waals surface area contributed by atoms with Crippen LogP contribution in [0, 0.1) is 0 Å². The molecule has 0 saturated carbocycles. The molecule has 0 aromatic rings. The Morgan fingerprint density at radius 1 is 1.27 bits per heavy atom. The van der Waals surface area contributed by atoms with Crippen LogP contribution in [0.3, 0.4) is 0 Å². The molecule has 0 unspecified atom stereocenters. The van der Waals surface area contributed by atoms with Crippen molar-refractivity contribution in [3.8, 4) is 0 Å². The van der Waals surface area contributed by atoms with E-state index in [0.29, 0.717) is 6.54 Å². The van der Waals surface area contributed by atoms with Gasteiger partial charge in [0.15, 0.2) is 0 Å². The predicted molar refractivity (Wildman–Crippen MR) is 55.6 cm³/mol. The number of likely N-dealkylation sites (N-methyl/N-ethyl adjacent to an activating group) is 1. The molecule has 1 heterocycles. The number of hydrogen-bond acceptors (Lipinski definition) is 3. The fourth-order valence-corrected chi connectivity index (χ4v) is 1.73. The van der Waals surface area contributed by atoms with Crippen LogP contribution in [0.25, 0.3) is 0 Å². The number of aliphatic carboxylic acids is 1. The van der Waals surface area contributed by atoms with Gasteiger partial charge >= 0.3 is 5.97 Å². The third kappa shape index (κ3) is 3.87. The Labute approximate surface area is 89.7 Å².